The summed E-state index contributed by atoms with van der Waals surface area (Å²) in [6, 6.07) is 4.68. The van der Waals surface area contributed by atoms with Crippen LogP contribution in [0.1, 0.15) is 40.7 Å². The van der Waals surface area contributed by atoms with Gasteiger partial charge in [0.25, 0.3) is 11.8 Å². The maximum atomic E-state index is 12.8. The Morgan fingerprint density at radius 3 is 2.89 bits per heavy atom. The van der Waals surface area contributed by atoms with Crippen molar-refractivity contribution in [3.05, 3.63) is 46.7 Å². The van der Waals surface area contributed by atoms with E-state index in [0.717, 1.165) is 17.5 Å². The molecule has 140 valence electrons. The molecule has 0 radical (unpaired) electrons. The molecule has 1 atom stereocenters. The standard InChI is InChI=1S/C19H19N3O5/c23-16-7-6-14(17(24)21-16)22-10-13-11(3-1-4-12(13)19(22)26)9-20-18(25)15-5-2-8-27-15/h1,3-5,14H,2,6-10H2,(H,20,25)(H,21,23,24). The van der Waals surface area contributed by atoms with Crippen molar-refractivity contribution in [3.8, 4) is 0 Å². The van der Waals surface area contributed by atoms with Crippen LogP contribution >= 0.6 is 0 Å². The van der Waals surface area contributed by atoms with Crippen molar-refractivity contribution in [2.24, 2.45) is 0 Å². The lowest BCUT2D eigenvalue weighted by molar-refractivity contribution is -0.137. The van der Waals surface area contributed by atoms with Crippen LogP contribution in [0.5, 0.6) is 0 Å². The fraction of sp³-hybridized carbons (Fsp3) is 0.368. The van der Waals surface area contributed by atoms with Crippen LogP contribution in [0.15, 0.2) is 30.0 Å². The van der Waals surface area contributed by atoms with Gasteiger partial charge in [-0.1, -0.05) is 12.1 Å². The summed E-state index contributed by atoms with van der Waals surface area (Å²) >= 11 is 0. The average Bonchev–Trinajstić information content (AvgIpc) is 3.29. The Kier molecular flexibility index (Phi) is 4.39. The minimum atomic E-state index is -0.651. The largest absolute Gasteiger partial charge is 0.488 e. The number of rotatable bonds is 4. The Bertz CT molecular complexity index is 876. The highest BCUT2D eigenvalue weighted by Crippen LogP contribution is 2.29. The first kappa shape index (κ1) is 17.3. The number of amides is 4. The molecule has 4 rings (SSSR count). The zero-order valence-electron chi connectivity index (χ0n) is 14.6. The van der Waals surface area contributed by atoms with Gasteiger partial charge in [-0.3, -0.25) is 24.5 Å². The minimum Gasteiger partial charge on any atom is -0.488 e. The second kappa shape index (κ2) is 6.86. The highest BCUT2D eigenvalue weighted by Gasteiger charge is 2.39. The number of carbonyl (C=O) groups excluding carboxylic acids is 4. The Morgan fingerprint density at radius 1 is 1.30 bits per heavy atom. The Hall–Kier alpha value is -3.16. The van der Waals surface area contributed by atoms with Gasteiger partial charge in [0.2, 0.25) is 11.8 Å². The van der Waals surface area contributed by atoms with Crippen molar-refractivity contribution in [1.82, 2.24) is 15.5 Å². The van der Waals surface area contributed by atoms with E-state index >= 15 is 0 Å². The van der Waals surface area contributed by atoms with E-state index in [2.05, 4.69) is 10.6 Å². The summed E-state index contributed by atoms with van der Waals surface area (Å²) in [6.07, 6.45) is 3.01. The number of hydrogen-bond donors (Lipinski definition) is 2. The van der Waals surface area contributed by atoms with E-state index < -0.39 is 11.9 Å². The quantitative estimate of drug-likeness (QED) is 0.746. The van der Waals surface area contributed by atoms with Crippen LogP contribution < -0.4 is 10.6 Å². The Balaban J connectivity index is 1.50. The molecule has 1 fully saturated rings. The third-order valence-corrected chi connectivity index (χ3v) is 5.05. The van der Waals surface area contributed by atoms with Gasteiger partial charge in [0.1, 0.15) is 6.04 Å². The normalized spacial score (nSPS) is 21.5. The van der Waals surface area contributed by atoms with E-state index in [1.165, 1.54) is 4.90 Å². The van der Waals surface area contributed by atoms with Crippen molar-refractivity contribution >= 4 is 23.6 Å². The number of ether oxygens (including phenoxy) is 1. The van der Waals surface area contributed by atoms with E-state index in [9.17, 15) is 19.2 Å². The van der Waals surface area contributed by atoms with Gasteiger partial charge in [0.15, 0.2) is 5.76 Å². The maximum Gasteiger partial charge on any atom is 0.286 e. The van der Waals surface area contributed by atoms with Crippen LogP contribution in [0.4, 0.5) is 0 Å². The van der Waals surface area contributed by atoms with Crippen LogP contribution in [0.3, 0.4) is 0 Å². The van der Waals surface area contributed by atoms with Crippen molar-refractivity contribution in [2.45, 2.75) is 38.4 Å². The Labute approximate surface area is 155 Å². The van der Waals surface area contributed by atoms with Crippen LogP contribution in [-0.4, -0.2) is 41.2 Å². The molecule has 4 amide bonds. The van der Waals surface area contributed by atoms with Gasteiger partial charge in [0, 0.05) is 31.5 Å². The molecule has 3 aliphatic heterocycles. The monoisotopic (exact) mass is 369 g/mol. The third kappa shape index (κ3) is 3.18. The molecule has 0 aromatic heterocycles. The lowest BCUT2D eigenvalue weighted by Crippen LogP contribution is -2.52. The number of carbonyl (C=O) groups is 4. The molecule has 1 saturated heterocycles. The zero-order valence-corrected chi connectivity index (χ0v) is 14.6. The molecular formula is C19H19N3O5. The van der Waals surface area contributed by atoms with Crippen LogP contribution in [0.2, 0.25) is 0 Å². The summed E-state index contributed by atoms with van der Waals surface area (Å²) in [5.41, 5.74) is 2.15. The van der Waals surface area contributed by atoms with E-state index in [0.29, 0.717) is 24.4 Å². The van der Waals surface area contributed by atoms with Gasteiger partial charge in [-0.15, -0.1) is 0 Å². The van der Waals surface area contributed by atoms with E-state index in [1.807, 2.05) is 6.07 Å². The topological polar surface area (TPSA) is 105 Å². The number of hydrogen-bond acceptors (Lipinski definition) is 5. The molecule has 0 saturated carbocycles. The highest BCUT2D eigenvalue weighted by atomic mass is 16.5. The first-order valence-electron chi connectivity index (χ1n) is 8.91. The number of piperidine rings is 1. The van der Waals surface area contributed by atoms with Crippen LogP contribution in [0, 0.1) is 0 Å². The summed E-state index contributed by atoms with van der Waals surface area (Å²) < 4.78 is 5.24. The number of nitrogens with zero attached hydrogens (tertiary/aromatic N) is 1. The fourth-order valence-electron chi connectivity index (χ4n) is 3.65. The molecule has 3 heterocycles. The third-order valence-electron chi connectivity index (χ3n) is 5.05. The fourth-order valence-corrected chi connectivity index (χ4v) is 3.65. The first-order valence-corrected chi connectivity index (χ1v) is 8.91. The van der Waals surface area contributed by atoms with Crippen molar-refractivity contribution < 1.29 is 23.9 Å². The van der Waals surface area contributed by atoms with Gasteiger partial charge in [-0.25, -0.2) is 0 Å². The molecule has 8 nitrogen and oxygen atoms in total. The molecule has 8 heteroatoms. The molecule has 1 unspecified atom stereocenters. The lowest BCUT2D eigenvalue weighted by Gasteiger charge is -2.29. The van der Waals surface area contributed by atoms with E-state index in [1.54, 1.807) is 18.2 Å². The zero-order chi connectivity index (χ0) is 19.0. The lowest BCUT2D eigenvalue weighted by atomic mass is 10.0. The molecule has 0 aliphatic carbocycles. The predicted molar refractivity (Wildman–Crippen MR) is 93.0 cm³/mol. The number of fused-ring (bicyclic) bond motifs is 1. The van der Waals surface area contributed by atoms with Gasteiger partial charge in [-0.2, -0.15) is 0 Å². The van der Waals surface area contributed by atoms with Gasteiger partial charge >= 0.3 is 0 Å². The molecule has 0 bridgehead atoms. The first-order chi connectivity index (χ1) is 13.0. The SMILES string of the molecule is O=C1CCC(N2Cc3c(CNC(=O)C4=CCCO4)cccc3C2=O)C(=O)N1. The van der Waals surface area contributed by atoms with Crippen molar-refractivity contribution in [3.63, 3.8) is 0 Å². The number of nitrogens with one attached hydrogen (secondary N) is 2. The molecule has 27 heavy (non-hydrogen) atoms. The molecular weight excluding hydrogens is 350 g/mol. The predicted octanol–water partition coefficient (Wildman–Crippen LogP) is 0.368. The minimum absolute atomic E-state index is 0.217. The highest BCUT2D eigenvalue weighted by molar-refractivity contribution is 6.05. The molecule has 3 aliphatic rings. The maximum absolute atomic E-state index is 12.8. The summed E-state index contributed by atoms with van der Waals surface area (Å²) in [5, 5.41) is 5.10. The van der Waals surface area contributed by atoms with Crippen molar-refractivity contribution in [2.75, 3.05) is 6.61 Å². The molecule has 1 aromatic rings. The number of imide groups is 1. The summed E-state index contributed by atoms with van der Waals surface area (Å²) in [5.74, 6) is -0.936. The van der Waals surface area contributed by atoms with Crippen molar-refractivity contribution in [1.29, 1.82) is 0 Å². The van der Waals surface area contributed by atoms with Crippen LogP contribution in [-0.2, 0) is 32.2 Å². The molecule has 0 spiro atoms. The van der Waals surface area contributed by atoms with Crippen LogP contribution in [0.25, 0.3) is 0 Å². The second-order valence-electron chi connectivity index (χ2n) is 6.73. The number of benzene rings is 1. The van der Waals surface area contributed by atoms with Gasteiger partial charge < -0.3 is 15.0 Å². The average molecular weight is 369 g/mol. The summed E-state index contributed by atoms with van der Waals surface area (Å²) in [7, 11) is 0. The summed E-state index contributed by atoms with van der Waals surface area (Å²) in [4.78, 5) is 49.9. The van der Waals surface area contributed by atoms with E-state index in [4.69, 9.17) is 4.74 Å². The van der Waals surface area contributed by atoms with Gasteiger partial charge in [0.05, 0.1) is 6.61 Å². The second-order valence-corrected chi connectivity index (χ2v) is 6.73. The van der Waals surface area contributed by atoms with E-state index in [-0.39, 0.29) is 37.2 Å². The molecule has 2 N–H and O–H groups in total. The summed E-state index contributed by atoms with van der Waals surface area (Å²) in [6.45, 7) is 1.06. The molecule has 1 aromatic carbocycles. The van der Waals surface area contributed by atoms with Gasteiger partial charge in [-0.05, 0) is 29.7 Å². The Morgan fingerprint density at radius 2 is 2.15 bits per heavy atom. The smallest absolute Gasteiger partial charge is 0.286 e.